The Balaban J connectivity index is 1.80. The largest absolute Gasteiger partial charge is 0.355 e. The topological polar surface area (TPSA) is 79.4 Å². The molecule has 1 aromatic heterocycles. The molecule has 1 amide bonds. The molecule has 0 saturated carbocycles. The van der Waals surface area contributed by atoms with Crippen LogP contribution in [0.15, 0.2) is 24.5 Å². The smallest absolute Gasteiger partial charge is 0.224 e. The minimum atomic E-state index is -3.21. The summed E-state index contributed by atoms with van der Waals surface area (Å²) in [5, 5.41) is 2.88. The van der Waals surface area contributed by atoms with Gasteiger partial charge in [0.05, 0.1) is 12.2 Å². The second-order valence-corrected chi connectivity index (χ2v) is 7.34. The lowest BCUT2D eigenvalue weighted by Crippen LogP contribution is -2.45. The van der Waals surface area contributed by atoms with Crippen molar-refractivity contribution in [3.8, 4) is 0 Å². The molecule has 0 aliphatic carbocycles. The number of carbonyl (C=O) groups excluding carboxylic acids is 1. The monoisotopic (exact) mass is 311 g/mol. The predicted octanol–water partition coefficient (Wildman–Crippen LogP) is 0.412. The van der Waals surface area contributed by atoms with Crippen LogP contribution in [0.25, 0.3) is 0 Å². The molecule has 1 unspecified atom stereocenters. The van der Waals surface area contributed by atoms with Crippen LogP contribution in [0.1, 0.15) is 18.4 Å². The van der Waals surface area contributed by atoms with E-state index >= 15 is 0 Å². The first-order valence-corrected chi connectivity index (χ1v) is 8.93. The second-order valence-electron chi connectivity index (χ2n) is 5.36. The van der Waals surface area contributed by atoms with E-state index in [2.05, 4.69) is 10.3 Å². The van der Waals surface area contributed by atoms with E-state index in [0.717, 1.165) is 24.8 Å². The number of carbonyl (C=O) groups is 1. The Morgan fingerprint density at radius 2 is 2.33 bits per heavy atom. The van der Waals surface area contributed by atoms with Crippen LogP contribution >= 0.6 is 0 Å². The summed E-state index contributed by atoms with van der Waals surface area (Å²) in [6.07, 6.45) is 6.87. The number of pyridine rings is 1. The van der Waals surface area contributed by atoms with Crippen LogP contribution in [0.4, 0.5) is 0 Å². The van der Waals surface area contributed by atoms with Gasteiger partial charge in [-0.2, -0.15) is 0 Å². The van der Waals surface area contributed by atoms with Gasteiger partial charge in [-0.15, -0.1) is 0 Å². The maximum Gasteiger partial charge on any atom is 0.224 e. The van der Waals surface area contributed by atoms with Crippen LogP contribution in [0, 0.1) is 5.92 Å². The third-order valence-electron chi connectivity index (χ3n) is 3.66. The van der Waals surface area contributed by atoms with Crippen molar-refractivity contribution in [2.24, 2.45) is 5.92 Å². The zero-order chi connectivity index (χ0) is 15.3. The summed E-state index contributed by atoms with van der Waals surface area (Å²) in [5.74, 6) is -0.311. The first kappa shape index (κ1) is 15.9. The number of hydrogen-bond donors (Lipinski definition) is 1. The standard InChI is InChI=1S/C14H21N3O3S/c1-21(19,20)17-9-3-5-13(11-17)14(18)16-8-6-12-4-2-7-15-10-12/h2,4,7,10,13H,3,5-6,8-9,11H2,1H3,(H,16,18). The molecule has 1 aliphatic heterocycles. The van der Waals surface area contributed by atoms with E-state index in [9.17, 15) is 13.2 Å². The minimum absolute atomic E-state index is 0.0627. The van der Waals surface area contributed by atoms with Crippen LogP contribution < -0.4 is 5.32 Å². The van der Waals surface area contributed by atoms with E-state index in [1.54, 1.807) is 12.4 Å². The van der Waals surface area contributed by atoms with Crippen LogP contribution in [-0.4, -0.2) is 49.5 Å². The molecule has 1 saturated heterocycles. The normalized spacial score (nSPS) is 20.1. The minimum Gasteiger partial charge on any atom is -0.355 e. The number of piperidine rings is 1. The fraction of sp³-hybridized carbons (Fsp3) is 0.571. The molecule has 1 aromatic rings. The van der Waals surface area contributed by atoms with E-state index in [1.165, 1.54) is 10.6 Å². The molecule has 1 fully saturated rings. The lowest BCUT2D eigenvalue weighted by Gasteiger charge is -2.30. The summed E-state index contributed by atoms with van der Waals surface area (Å²) in [4.78, 5) is 16.1. The molecule has 1 atom stereocenters. The Bertz CT molecular complexity index is 574. The van der Waals surface area contributed by atoms with E-state index in [0.29, 0.717) is 13.1 Å². The van der Waals surface area contributed by atoms with Gasteiger partial charge in [-0.1, -0.05) is 6.07 Å². The maximum atomic E-state index is 12.1. The van der Waals surface area contributed by atoms with E-state index < -0.39 is 10.0 Å². The highest BCUT2D eigenvalue weighted by Gasteiger charge is 2.29. The first-order valence-electron chi connectivity index (χ1n) is 7.08. The molecular formula is C14H21N3O3S. The van der Waals surface area contributed by atoms with Crippen molar-refractivity contribution in [1.82, 2.24) is 14.6 Å². The number of nitrogens with one attached hydrogen (secondary N) is 1. The molecule has 116 valence electrons. The number of rotatable bonds is 5. The van der Waals surface area contributed by atoms with Gasteiger partial charge in [0.2, 0.25) is 15.9 Å². The Kier molecular flexibility index (Phi) is 5.30. The van der Waals surface area contributed by atoms with Gasteiger partial charge in [0.25, 0.3) is 0 Å². The van der Waals surface area contributed by atoms with Gasteiger partial charge in [0, 0.05) is 32.0 Å². The SMILES string of the molecule is CS(=O)(=O)N1CCCC(C(=O)NCCc2cccnc2)C1. The maximum absolute atomic E-state index is 12.1. The zero-order valence-electron chi connectivity index (χ0n) is 12.2. The highest BCUT2D eigenvalue weighted by molar-refractivity contribution is 7.88. The summed E-state index contributed by atoms with van der Waals surface area (Å²) in [5.41, 5.74) is 1.07. The summed E-state index contributed by atoms with van der Waals surface area (Å²) in [6.45, 7) is 1.34. The molecule has 2 rings (SSSR count). The van der Waals surface area contributed by atoms with Crippen LogP contribution in [-0.2, 0) is 21.2 Å². The van der Waals surface area contributed by atoms with E-state index in [4.69, 9.17) is 0 Å². The highest BCUT2D eigenvalue weighted by Crippen LogP contribution is 2.18. The molecule has 0 spiro atoms. The van der Waals surface area contributed by atoms with Crippen molar-refractivity contribution in [3.05, 3.63) is 30.1 Å². The lowest BCUT2D eigenvalue weighted by atomic mass is 9.99. The van der Waals surface area contributed by atoms with Gasteiger partial charge in [-0.05, 0) is 30.9 Å². The molecule has 1 N–H and O–H groups in total. The molecule has 0 aromatic carbocycles. The van der Waals surface area contributed by atoms with Crippen molar-refractivity contribution in [2.75, 3.05) is 25.9 Å². The molecular weight excluding hydrogens is 290 g/mol. The molecule has 1 aliphatic rings. The zero-order valence-corrected chi connectivity index (χ0v) is 13.0. The van der Waals surface area contributed by atoms with Crippen LogP contribution in [0.2, 0.25) is 0 Å². The van der Waals surface area contributed by atoms with Crippen molar-refractivity contribution in [2.45, 2.75) is 19.3 Å². The average molecular weight is 311 g/mol. The summed E-state index contributed by atoms with van der Waals surface area (Å²) in [7, 11) is -3.21. The Morgan fingerprint density at radius 3 is 3.00 bits per heavy atom. The van der Waals surface area contributed by atoms with Crippen LogP contribution in [0.3, 0.4) is 0 Å². The molecule has 7 heteroatoms. The predicted molar refractivity (Wildman–Crippen MR) is 80.1 cm³/mol. The van der Waals surface area contributed by atoms with Crippen LogP contribution in [0.5, 0.6) is 0 Å². The van der Waals surface area contributed by atoms with E-state index in [1.807, 2.05) is 12.1 Å². The third kappa shape index (κ3) is 4.78. The van der Waals surface area contributed by atoms with Gasteiger partial charge in [0.1, 0.15) is 0 Å². The summed E-state index contributed by atoms with van der Waals surface area (Å²) in [6, 6.07) is 3.83. The summed E-state index contributed by atoms with van der Waals surface area (Å²) < 4.78 is 24.5. The average Bonchev–Trinajstić information content (AvgIpc) is 2.47. The molecule has 2 heterocycles. The Labute approximate surface area is 125 Å². The highest BCUT2D eigenvalue weighted by atomic mass is 32.2. The van der Waals surface area contributed by atoms with Crippen molar-refractivity contribution in [1.29, 1.82) is 0 Å². The lowest BCUT2D eigenvalue weighted by molar-refractivity contribution is -0.126. The fourth-order valence-corrected chi connectivity index (χ4v) is 3.39. The second kappa shape index (κ2) is 7.00. The summed E-state index contributed by atoms with van der Waals surface area (Å²) >= 11 is 0. The van der Waals surface area contributed by atoms with Gasteiger partial charge in [0.15, 0.2) is 0 Å². The fourth-order valence-electron chi connectivity index (χ4n) is 2.48. The Morgan fingerprint density at radius 1 is 1.52 bits per heavy atom. The van der Waals surface area contributed by atoms with Crippen molar-refractivity contribution < 1.29 is 13.2 Å². The molecule has 6 nitrogen and oxygen atoms in total. The van der Waals surface area contributed by atoms with Gasteiger partial charge in [-0.3, -0.25) is 9.78 Å². The number of hydrogen-bond acceptors (Lipinski definition) is 4. The third-order valence-corrected chi connectivity index (χ3v) is 4.93. The van der Waals surface area contributed by atoms with Gasteiger partial charge >= 0.3 is 0 Å². The molecule has 0 bridgehead atoms. The molecule has 21 heavy (non-hydrogen) atoms. The number of aromatic nitrogens is 1. The molecule has 0 radical (unpaired) electrons. The Hall–Kier alpha value is -1.47. The quantitative estimate of drug-likeness (QED) is 0.854. The first-order chi connectivity index (χ1) is 9.97. The van der Waals surface area contributed by atoms with Gasteiger partial charge < -0.3 is 5.32 Å². The van der Waals surface area contributed by atoms with E-state index in [-0.39, 0.29) is 18.4 Å². The number of sulfonamides is 1. The van der Waals surface area contributed by atoms with Gasteiger partial charge in [-0.25, -0.2) is 12.7 Å². The number of nitrogens with zero attached hydrogens (tertiary/aromatic N) is 2. The number of amides is 1. The van der Waals surface area contributed by atoms with Crippen molar-refractivity contribution in [3.63, 3.8) is 0 Å². The van der Waals surface area contributed by atoms with Crippen molar-refractivity contribution >= 4 is 15.9 Å².